The number of benzene rings is 1. The van der Waals surface area contributed by atoms with Gasteiger partial charge in [-0.3, -0.25) is 9.78 Å². The van der Waals surface area contributed by atoms with Crippen LogP contribution in [0.15, 0.2) is 41.5 Å². The zero-order valence-electron chi connectivity index (χ0n) is 15.1. The Labute approximate surface area is 146 Å². The maximum absolute atomic E-state index is 12.1. The number of fused-ring (bicyclic) bond motifs is 1. The summed E-state index contributed by atoms with van der Waals surface area (Å²) in [6.45, 7) is 3.69. The van der Waals surface area contributed by atoms with Crippen molar-refractivity contribution in [3.8, 4) is 0 Å². The first kappa shape index (κ1) is 17.2. The maximum Gasteiger partial charge on any atom is 0.252 e. The molecule has 2 aromatic heterocycles. The van der Waals surface area contributed by atoms with Crippen LogP contribution in [0.1, 0.15) is 18.7 Å². The molecule has 25 heavy (non-hydrogen) atoms. The van der Waals surface area contributed by atoms with Crippen molar-refractivity contribution in [1.29, 1.82) is 0 Å². The second-order valence-electron chi connectivity index (χ2n) is 6.54. The molecular weight excluding hydrogens is 316 g/mol. The first-order chi connectivity index (χ1) is 12.0. The van der Waals surface area contributed by atoms with E-state index in [-0.39, 0.29) is 11.6 Å². The van der Waals surface area contributed by atoms with Gasteiger partial charge in [-0.05, 0) is 33.2 Å². The lowest BCUT2D eigenvalue weighted by atomic mass is 10.2. The van der Waals surface area contributed by atoms with Crippen LogP contribution in [-0.2, 0) is 0 Å². The largest absolute Gasteiger partial charge is 0.344 e. The Balaban J connectivity index is 1.93. The van der Waals surface area contributed by atoms with Gasteiger partial charge >= 0.3 is 0 Å². The van der Waals surface area contributed by atoms with E-state index in [1.165, 1.54) is 0 Å². The highest BCUT2D eigenvalue weighted by Gasteiger charge is 2.15. The second kappa shape index (κ2) is 7.06. The molecule has 7 nitrogen and oxygen atoms in total. The van der Waals surface area contributed by atoms with E-state index in [2.05, 4.69) is 19.9 Å². The maximum atomic E-state index is 12.1. The first-order valence-corrected chi connectivity index (χ1v) is 8.34. The number of anilines is 1. The zero-order valence-corrected chi connectivity index (χ0v) is 15.1. The van der Waals surface area contributed by atoms with E-state index in [9.17, 15) is 4.79 Å². The van der Waals surface area contributed by atoms with Gasteiger partial charge in [0.05, 0.1) is 29.1 Å². The summed E-state index contributed by atoms with van der Waals surface area (Å²) in [6.07, 6.45) is 1.80. The van der Waals surface area contributed by atoms with Gasteiger partial charge in [0.15, 0.2) is 0 Å². The standard InChI is InChI=1S/C18H24N6O/c1-13(24-12-19-14-7-5-6-8-16(14)24)15-11-17(25)21-18(20-15)23(4)10-9-22(2)3/h5-8,11-13H,9-10H2,1-4H3,(H,20,21,25)/t13-/m0/s1. The minimum atomic E-state index is -0.145. The van der Waals surface area contributed by atoms with E-state index >= 15 is 0 Å². The lowest BCUT2D eigenvalue weighted by molar-refractivity contribution is 0.415. The van der Waals surface area contributed by atoms with Gasteiger partial charge in [-0.25, -0.2) is 9.97 Å². The number of nitrogens with zero attached hydrogens (tertiary/aromatic N) is 5. The van der Waals surface area contributed by atoms with Crippen molar-refractivity contribution in [2.75, 3.05) is 39.1 Å². The summed E-state index contributed by atoms with van der Waals surface area (Å²) >= 11 is 0. The molecule has 0 bridgehead atoms. The SMILES string of the molecule is C[C@@H](c1cc(=O)[nH]c(N(C)CCN(C)C)n1)n1cnc2ccccc21. The Morgan fingerprint density at radius 1 is 1.20 bits per heavy atom. The van der Waals surface area contributed by atoms with Crippen molar-refractivity contribution in [3.05, 3.63) is 52.7 Å². The predicted octanol–water partition coefficient (Wildman–Crippen LogP) is 1.73. The van der Waals surface area contributed by atoms with Crippen LogP contribution in [0, 0.1) is 0 Å². The van der Waals surface area contributed by atoms with Gasteiger partial charge in [0.2, 0.25) is 5.95 Å². The summed E-state index contributed by atoms with van der Waals surface area (Å²) in [7, 11) is 5.97. The van der Waals surface area contributed by atoms with Gasteiger partial charge < -0.3 is 14.4 Å². The second-order valence-corrected chi connectivity index (χ2v) is 6.54. The van der Waals surface area contributed by atoms with E-state index in [0.29, 0.717) is 5.95 Å². The molecule has 0 unspecified atom stereocenters. The Morgan fingerprint density at radius 3 is 2.72 bits per heavy atom. The quantitative estimate of drug-likeness (QED) is 0.740. The summed E-state index contributed by atoms with van der Waals surface area (Å²) in [5.41, 5.74) is 2.54. The molecule has 0 aliphatic carbocycles. The van der Waals surface area contributed by atoms with Crippen LogP contribution in [0.4, 0.5) is 5.95 Å². The number of H-pyrrole nitrogens is 1. The molecule has 1 aromatic carbocycles. The lowest BCUT2D eigenvalue weighted by Crippen LogP contribution is -2.31. The van der Waals surface area contributed by atoms with Crippen molar-refractivity contribution >= 4 is 17.0 Å². The van der Waals surface area contributed by atoms with Crippen LogP contribution in [0.3, 0.4) is 0 Å². The number of hydrogen-bond donors (Lipinski definition) is 1. The molecule has 0 radical (unpaired) electrons. The van der Waals surface area contributed by atoms with Gasteiger partial charge in [-0.15, -0.1) is 0 Å². The molecule has 0 fully saturated rings. The van der Waals surface area contributed by atoms with E-state index in [1.807, 2.05) is 61.8 Å². The predicted molar refractivity (Wildman–Crippen MR) is 100 cm³/mol. The summed E-state index contributed by atoms with van der Waals surface area (Å²) in [5, 5.41) is 0. The zero-order chi connectivity index (χ0) is 18.0. The number of imidazole rings is 1. The summed E-state index contributed by atoms with van der Waals surface area (Å²) < 4.78 is 2.04. The van der Waals surface area contributed by atoms with Crippen LogP contribution in [0.2, 0.25) is 0 Å². The van der Waals surface area contributed by atoms with Gasteiger partial charge in [0.25, 0.3) is 5.56 Å². The minimum Gasteiger partial charge on any atom is -0.344 e. The number of hydrogen-bond acceptors (Lipinski definition) is 5. The Morgan fingerprint density at radius 2 is 1.96 bits per heavy atom. The summed E-state index contributed by atoms with van der Waals surface area (Å²) in [5.74, 6) is 0.584. The Hall–Kier alpha value is -2.67. The van der Waals surface area contributed by atoms with Crippen molar-refractivity contribution in [2.24, 2.45) is 0 Å². The minimum absolute atomic E-state index is 0.0873. The molecule has 2 heterocycles. The van der Waals surface area contributed by atoms with Gasteiger partial charge in [-0.1, -0.05) is 12.1 Å². The van der Waals surface area contributed by atoms with E-state index in [1.54, 1.807) is 12.4 Å². The average molecular weight is 340 g/mol. The van der Waals surface area contributed by atoms with Crippen LogP contribution in [0.25, 0.3) is 11.0 Å². The van der Waals surface area contributed by atoms with Crippen LogP contribution >= 0.6 is 0 Å². The molecule has 0 saturated heterocycles. The third kappa shape index (κ3) is 3.71. The van der Waals surface area contributed by atoms with E-state index < -0.39 is 0 Å². The Bertz CT molecular complexity index is 913. The molecule has 0 aliphatic rings. The molecule has 0 spiro atoms. The molecule has 0 aliphatic heterocycles. The van der Waals surface area contributed by atoms with Gasteiger partial charge in [0.1, 0.15) is 0 Å². The highest BCUT2D eigenvalue weighted by molar-refractivity contribution is 5.75. The van der Waals surface area contributed by atoms with Gasteiger partial charge in [0, 0.05) is 26.2 Å². The van der Waals surface area contributed by atoms with E-state index in [0.717, 1.165) is 29.8 Å². The molecule has 0 amide bonds. The normalized spacial score (nSPS) is 12.7. The molecule has 1 atom stereocenters. The van der Waals surface area contributed by atoms with Crippen molar-refractivity contribution in [3.63, 3.8) is 0 Å². The highest BCUT2D eigenvalue weighted by Crippen LogP contribution is 2.22. The fraction of sp³-hybridized carbons (Fsp3) is 0.389. The van der Waals surface area contributed by atoms with Crippen molar-refractivity contribution in [1.82, 2.24) is 24.4 Å². The fourth-order valence-corrected chi connectivity index (χ4v) is 2.74. The number of nitrogens with one attached hydrogen (secondary N) is 1. The molecule has 3 rings (SSSR count). The van der Waals surface area contributed by atoms with Crippen molar-refractivity contribution < 1.29 is 0 Å². The van der Waals surface area contributed by atoms with Crippen LogP contribution in [-0.4, -0.2) is 58.7 Å². The molecule has 132 valence electrons. The first-order valence-electron chi connectivity index (χ1n) is 8.34. The molecule has 7 heteroatoms. The number of rotatable bonds is 6. The Kier molecular flexibility index (Phi) is 4.85. The molecule has 1 N–H and O–H groups in total. The van der Waals surface area contributed by atoms with E-state index in [4.69, 9.17) is 0 Å². The van der Waals surface area contributed by atoms with Gasteiger partial charge in [-0.2, -0.15) is 0 Å². The third-order valence-electron chi connectivity index (χ3n) is 4.32. The topological polar surface area (TPSA) is 70.1 Å². The summed E-state index contributed by atoms with van der Waals surface area (Å²) in [6, 6.07) is 9.42. The smallest absolute Gasteiger partial charge is 0.252 e. The van der Waals surface area contributed by atoms with Crippen LogP contribution < -0.4 is 10.5 Å². The number of likely N-dealkylation sites (N-methyl/N-ethyl adjacent to an activating group) is 2. The fourth-order valence-electron chi connectivity index (χ4n) is 2.74. The highest BCUT2D eigenvalue weighted by atomic mass is 16.1. The number of aromatic nitrogens is 4. The number of aromatic amines is 1. The molecular formula is C18H24N6O. The monoisotopic (exact) mass is 340 g/mol. The summed E-state index contributed by atoms with van der Waals surface area (Å²) in [4.78, 5) is 28.1. The number of para-hydroxylation sites is 2. The van der Waals surface area contributed by atoms with Crippen LogP contribution in [0.5, 0.6) is 0 Å². The molecule has 3 aromatic rings. The van der Waals surface area contributed by atoms with Crippen molar-refractivity contribution in [2.45, 2.75) is 13.0 Å². The molecule has 0 saturated carbocycles. The third-order valence-corrected chi connectivity index (χ3v) is 4.32. The lowest BCUT2D eigenvalue weighted by Gasteiger charge is -2.21. The average Bonchev–Trinajstić information content (AvgIpc) is 3.02.